The van der Waals surface area contributed by atoms with Crippen molar-refractivity contribution in [3.05, 3.63) is 166 Å². The molecule has 0 bridgehead atoms. The lowest BCUT2D eigenvalue weighted by Crippen LogP contribution is -2.05. The van der Waals surface area contributed by atoms with Crippen molar-refractivity contribution in [1.82, 2.24) is 0 Å². The monoisotopic (exact) mass is 576 g/mol. The van der Waals surface area contributed by atoms with Crippen molar-refractivity contribution in [1.29, 1.82) is 10.7 Å². The number of amidine groups is 2. The molecule has 44 heavy (non-hydrogen) atoms. The lowest BCUT2D eigenvalue weighted by molar-refractivity contribution is 1.21. The van der Waals surface area contributed by atoms with E-state index in [1.165, 1.54) is 0 Å². The summed E-state index contributed by atoms with van der Waals surface area (Å²) < 4.78 is 0. The third kappa shape index (κ3) is 9.86. The van der Waals surface area contributed by atoms with Gasteiger partial charge in [0.25, 0.3) is 0 Å². The van der Waals surface area contributed by atoms with Crippen LogP contribution in [-0.4, -0.2) is 17.9 Å². The Balaban J connectivity index is 1.84. The van der Waals surface area contributed by atoms with Gasteiger partial charge >= 0.3 is 0 Å². The van der Waals surface area contributed by atoms with E-state index in [0.717, 1.165) is 39.0 Å². The summed E-state index contributed by atoms with van der Waals surface area (Å²) in [5, 5.41) is 18.2. The molecule has 0 unspecified atom stereocenters. The summed E-state index contributed by atoms with van der Waals surface area (Å²) in [7, 11) is 0. The van der Waals surface area contributed by atoms with Gasteiger partial charge in [0.15, 0.2) is 11.7 Å². The minimum absolute atomic E-state index is 0.0216. The van der Waals surface area contributed by atoms with E-state index in [2.05, 4.69) is 65.6 Å². The normalized spacial score (nSPS) is 17.6. The average Bonchev–Trinajstić information content (AvgIpc) is 3.04. The molecule has 220 valence electrons. The van der Waals surface area contributed by atoms with E-state index in [-0.39, 0.29) is 5.84 Å². The number of rotatable bonds is 9. The summed E-state index contributed by atoms with van der Waals surface area (Å²) in [5.74, 6) is 0.471. The minimum Gasteiger partial charge on any atom is -0.282 e. The van der Waals surface area contributed by atoms with Crippen LogP contribution in [0.1, 0.15) is 49.4 Å². The maximum atomic E-state index is 9.49. The van der Waals surface area contributed by atoms with Gasteiger partial charge in [-0.15, -0.1) is 0 Å². The number of fused-ring (bicyclic) bond motifs is 1. The van der Waals surface area contributed by atoms with Crippen molar-refractivity contribution in [3.63, 3.8) is 0 Å². The number of allylic oxidation sites excluding steroid dienone is 10. The largest absolute Gasteiger partial charge is 0.282 e. The van der Waals surface area contributed by atoms with Crippen LogP contribution in [-0.2, 0) is 12.8 Å². The van der Waals surface area contributed by atoms with Crippen molar-refractivity contribution < 1.29 is 0 Å². The van der Waals surface area contributed by atoms with Crippen LogP contribution in [0.15, 0.2) is 154 Å². The fraction of sp³-hybridized carbons (Fsp3) is 0.150. The maximum Gasteiger partial charge on any atom is 0.160 e. The van der Waals surface area contributed by atoms with Crippen molar-refractivity contribution in [3.8, 4) is 6.07 Å². The van der Waals surface area contributed by atoms with Crippen molar-refractivity contribution >= 4 is 30.0 Å². The van der Waals surface area contributed by atoms with E-state index < -0.39 is 0 Å². The van der Waals surface area contributed by atoms with E-state index in [4.69, 9.17) is 5.41 Å². The second kappa shape index (κ2) is 17.5. The number of nitrogens with one attached hydrogen (secondary N) is 1. The molecule has 1 aliphatic carbocycles. The van der Waals surface area contributed by atoms with Crippen LogP contribution in [0.4, 0.5) is 0 Å². The highest BCUT2D eigenvalue weighted by atomic mass is 14.9. The number of aliphatic imine (C=N–C) groups is 2. The number of hydrogen-bond acceptors (Lipinski definition) is 2. The van der Waals surface area contributed by atoms with Crippen LogP contribution in [0.5, 0.6) is 0 Å². The van der Waals surface area contributed by atoms with Gasteiger partial charge in [-0.05, 0) is 73.1 Å². The van der Waals surface area contributed by atoms with Gasteiger partial charge in [-0.1, -0.05) is 122 Å². The Morgan fingerprint density at radius 1 is 0.977 bits per heavy atom. The highest BCUT2D eigenvalue weighted by Gasteiger charge is 2.08. The first-order chi connectivity index (χ1) is 21.4. The molecule has 0 aromatic heterocycles. The third-order valence-electron chi connectivity index (χ3n) is 6.95. The first kappa shape index (κ1) is 33.1. The smallest absolute Gasteiger partial charge is 0.160 e. The number of hydrogen-bond donors (Lipinski definition) is 1. The van der Waals surface area contributed by atoms with Crippen LogP contribution in [0.2, 0.25) is 0 Å². The molecule has 2 aromatic rings. The molecule has 0 heterocycles. The molecule has 0 saturated carbocycles. The summed E-state index contributed by atoms with van der Waals surface area (Å²) in [5.41, 5.74) is 8.26. The lowest BCUT2D eigenvalue weighted by atomic mass is 9.95. The van der Waals surface area contributed by atoms with E-state index in [1.54, 1.807) is 6.08 Å². The van der Waals surface area contributed by atoms with Gasteiger partial charge in [-0.25, -0.2) is 9.98 Å². The van der Waals surface area contributed by atoms with Crippen molar-refractivity contribution in [2.45, 2.75) is 40.0 Å². The average molecular weight is 577 g/mol. The minimum atomic E-state index is 0.0216. The molecule has 4 heteroatoms. The van der Waals surface area contributed by atoms with E-state index in [0.29, 0.717) is 36.2 Å². The van der Waals surface area contributed by atoms with Gasteiger partial charge in [0.2, 0.25) is 0 Å². The molecular formula is C40H40N4. The van der Waals surface area contributed by atoms with E-state index >= 15 is 0 Å². The molecule has 0 aliphatic heterocycles. The second-order valence-electron chi connectivity index (χ2n) is 10.1. The summed E-state index contributed by atoms with van der Waals surface area (Å²) in [6.45, 7) is 14.3. The van der Waals surface area contributed by atoms with Crippen LogP contribution >= 0.6 is 0 Å². The molecule has 0 saturated heterocycles. The third-order valence-corrected chi connectivity index (χ3v) is 6.95. The summed E-state index contributed by atoms with van der Waals surface area (Å²) in [6.07, 6.45) is 25.2. The zero-order chi connectivity index (χ0) is 31.7. The first-order valence-electron chi connectivity index (χ1n) is 14.7. The van der Waals surface area contributed by atoms with Crippen LogP contribution in [0.25, 0.3) is 12.2 Å². The zero-order valence-electron chi connectivity index (χ0n) is 25.9. The highest BCUT2D eigenvalue weighted by molar-refractivity contribution is 6.13. The molecular weight excluding hydrogens is 536 g/mol. The Morgan fingerprint density at radius 3 is 2.50 bits per heavy atom. The molecule has 1 N–H and O–H groups in total. The Kier molecular flexibility index (Phi) is 13.2. The topological polar surface area (TPSA) is 72.4 Å². The van der Waals surface area contributed by atoms with E-state index in [1.807, 2.05) is 99.9 Å². The van der Waals surface area contributed by atoms with Gasteiger partial charge in [-0.3, -0.25) is 5.41 Å². The molecule has 0 spiro atoms. The fourth-order valence-electron chi connectivity index (χ4n) is 4.52. The van der Waals surface area contributed by atoms with Gasteiger partial charge in [0.05, 0.1) is 6.07 Å². The van der Waals surface area contributed by atoms with Crippen LogP contribution < -0.4 is 0 Å². The number of nitrogens with zero attached hydrogens (tertiary/aromatic N) is 3. The van der Waals surface area contributed by atoms with Gasteiger partial charge in [-0.2, -0.15) is 5.26 Å². The standard InChI is InChI=1S/C40H40N4/c1-6-14-33(8-3)40(43-27-26-36-19-10-9-17-34(36)15-7-2)44-39(42)31(5)23-22-30(4)37-21-13-16-32(29-41)24-25-35-18-11-12-20-38(35)28-37/h6-20,22-24,27-28,42H,4-5,21,25-26H2,1-3H3/b14-6-,15-7-,16-13-,23-22-,32-24+,33-8+,37-28+,42-39?,43-27+,44-40-. The van der Waals surface area contributed by atoms with Crippen LogP contribution in [0.3, 0.4) is 0 Å². The highest BCUT2D eigenvalue weighted by Crippen LogP contribution is 2.24. The Labute approximate surface area is 262 Å². The molecule has 4 nitrogen and oxygen atoms in total. The van der Waals surface area contributed by atoms with Crippen molar-refractivity contribution in [2.24, 2.45) is 9.98 Å². The molecule has 2 aromatic carbocycles. The van der Waals surface area contributed by atoms with Gasteiger partial charge in [0.1, 0.15) is 0 Å². The molecule has 1 aliphatic rings. The first-order valence-corrected chi connectivity index (χ1v) is 14.7. The fourth-order valence-corrected chi connectivity index (χ4v) is 4.52. The molecule has 0 amide bonds. The predicted octanol–water partition coefficient (Wildman–Crippen LogP) is 9.94. The summed E-state index contributed by atoms with van der Waals surface area (Å²) >= 11 is 0. The summed E-state index contributed by atoms with van der Waals surface area (Å²) in [4.78, 5) is 9.25. The van der Waals surface area contributed by atoms with Gasteiger partial charge in [0, 0.05) is 29.4 Å². The molecule has 0 atom stereocenters. The molecule has 3 rings (SSSR count). The quantitative estimate of drug-likeness (QED) is 0.180. The van der Waals surface area contributed by atoms with E-state index in [9.17, 15) is 5.26 Å². The Hall–Kier alpha value is -5.40. The predicted molar refractivity (Wildman–Crippen MR) is 190 cm³/mol. The number of benzene rings is 2. The Bertz CT molecular complexity index is 1710. The zero-order valence-corrected chi connectivity index (χ0v) is 25.9. The van der Waals surface area contributed by atoms with Crippen molar-refractivity contribution in [2.75, 3.05) is 0 Å². The second-order valence-corrected chi connectivity index (χ2v) is 10.1. The Morgan fingerprint density at radius 2 is 1.75 bits per heavy atom. The lowest BCUT2D eigenvalue weighted by Gasteiger charge is -2.10. The summed E-state index contributed by atoms with van der Waals surface area (Å²) in [6, 6.07) is 18.7. The SMILES string of the molecule is C=C(/C=C\C(=C)/C1=C/c2ccccc2C/C=C(C#N)\C=C/C1)C(=N)/N=C(\N=C\Cc1ccccc1/C=C\C)C(/C=C\C)=C/C. The number of nitriles is 1. The van der Waals surface area contributed by atoms with Crippen LogP contribution in [0, 0.1) is 16.7 Å². The maximum absolute atomic E-state index is 9.49. The van der Waals surface area contributed by atoms with Gasteiger partial charge < -0.3 is 0 Å². The molecule has 0 fully saturated rings. The molecule has 0 radical (unpaired) electrons.